The molecule has 1 aliphatic heterocycles. The van der Waals surface area contributed by atoms with Crippen LogP contribution in [-0.4, -0.2) is 49.0 Å². The molecule has 2 atom stereocenters. The van der Waals surface area contributed by atoms with Crippen LogP contribution in [0.1, 0.15) is 18.9 Å². The first-order chi connectivity index (χ1) is 10.0. The van der Waals surface area contributed by atoms with Crippen molar-refractivity contribution in [2.45, 2.75) is 18.9 Å². The number of thioether (sulfide) groups is 1. The van der Waals surface area contributed by atoms with Gasteiger partial charge in [-0.2, -0.15) is 11.8 Å². The third-order valence-electron chi connectivity index (χ3n) is 3.78. The van der Waals surface area contributed by atoms with E-state index in [9.17, 15) is 13.2 Å². The van der Waals surface area contributed by atoms with Crippen molar-refractivity contribution >= 4 is 27.5 Å². The van der Waals surface area contributed by atoms with Crippen molar-refractivity contribution < 1.29 is 13.2 Å². The molecule has 1 fully saturated rings. The third kappa shape index (κ3) is 4.78. The van der Waals surface area contributed by atoms with Gasteiger partial charge in [0.1, 0.15) is 6.04 Å². The van der Waals surface area contributed by atoms with Crippen LogP contribution in [0, 0.1) is 5.92 Å². The highest BCUT2D eigenvalue weighted by atomic mass is 32.2. The minimum Gasteiger partial charge on any atom is -0.354 e. The lowest BCUT2D eigenvalue weighted by atomic mass is 10.1. The Balaban J connectivity index is 1.90. The van der Waals surface area contributed by atoms with E-state index in [0.29, 0.717) is 13.0 Å². The summed E-state index contributed by atoms with van der Waals surface area (Å²) < 4.78 is 24.8. The Morgan fingerprint density at radius 3 is 2.71 bits per heavy atom. The first-order valence-electron chi connectivity index (χ1n) is 7.11. The molecule has 1 aromatic heterocycles. The molecule has 0 aliphatic carbocycles. The lowest BCUT2D eigenvalue weighted by molar-refractivity contribution is -0.124. The number of amides is 1. The number of hydrogen-bond acceptors (Lipinski definition) is 4. The fourth-order valence-electron chi connectivity index (χ4n) is 2.60. The first kappa shape index (κ1) is 16.4. The summed E-state index contributed by atoms with van der Waals surface area (Å²) >= 11 is 1.72. The molecule has 0 spiro atoms. The summed E-state index contributed by atoms with van der Waals surface area (Å²) in [6.45, 7) is 0.453. The van der Waals surface area contributed by atoms with Crippen LogP contribution >= 0.6 is 11.8 Å². The van der Waals surface area contributed by atoms with Crippen molar-refractivity contribution in [1.82, 2.24) is 9.88 Å². The van der Waals surface area contributed by atoms with Gasteiger partial charge in [-0.25, -0.2) is 8.42 Å². The molecule has 0 saturated carbocycles. The topological polar surface area (TPSA) is 68.2 Å². The molecule has 7 heteroatoms. The van der Waals surface area contributed by atoms with Crippen LogP contribution in [0.15, 0.2) is 24.5 Å². The van der Waals surface area contributed by atoms with E-state index < -0.39 is 9.84 Å². The maximum absolute atomic E-state index is 12.4. The highest BCUT2D eigenvalue weighted by molar-refractivity contribution is 7.98. The van der Waals surface area contributed by atoms with Gasteiger partial charge in [-0.3, -0.25) is 4.79 Å². The van der Waals surface area contributed by atoms with Crippen LogP contribution in [0.2, 0.25) is 0 Å². The monoisotopic (exact) mass is 330 g/mol. The quantitative estimate of drug-likeness (QED) is 0.819. The highest BCUT2D eigenvalue weighted by Gasteiger charge is 2.29. The smallest absolute Gasteiger partial charge is 0.243 e. The van der Waals surface area contributed by atoms with Gasteiger partial charge in [0.25, 0.3) is 0 Å². The lowest BCUT2D eigenvalue weighted by Gasteiger charge is -2.19. The van der Waals surface area contributed by atoms with Gasteiger partial charge < -0.3 is 9.88 Å². The summed E-state index contributed by atoms with van der Waals surface area (Å²) in [5.74, 6) is 1.40. The van der Waals surface area contributed by atoms with Gasteiger partial charge in [0, 0.05) is 18.9 Å². The Labute approximate surface area is 130 Å². The molecule has 1 aromatic rings. The van der Waals surface area contributed by atoms with E-state index in [1.807, 2.05) is 35.3 Å². The van der Waals surface area contributed by atoms with Crippen molar-refractivity contribution in [3.05, 3.63) is 24.5 Å². The van der Waals surface area contributed by atoms with E-state index in [4.69, 9.17) is 0 Å². The zero-order valence-electron chi connectivity index (χ0n) is 12.2. The maximum atomic E-state index is 12.4. The SMILES string of the molecule is CSCC[C@@H](C(=O)NC[C@@H]1CCS(=O)(=O)C1)n1cccc1. The van der Waals surface area contributed by atoms with Crippen LogP contribution in [0.3, 0.4) is 0 Å². The van der Waals surface area contributed by atoms with Gasteiger partial charge in [0.2, 0.25) is 5.91 Å². The number of carbonyl (C=O) groups is 1. The van der Waals surface area contributed by atoms with Crippen LogP contribution in [0.4, 0.5) is 0 Å². The summed E-state index contributed by atoms with van der Waals surface area (Å²) in [5, 5.41) is 2.93. The molecular weight excluding hydrogens is 308 g/mol. The summed E-state index contributed by atoms with van der Waals surface area (Å²) in [7, 11) is -2.88. The number of carbonyl (C=O) groups excluding carboxylic acids is 1. The molecule has 1 amide bonds. The van der Waals surface area contributed by atoms with E-state index in [1.165, 1.54) is 0 Å². The summed E-state index contributed by atoms with van der Waals surface area (Å²) in [4.78, 5) is 12.4. The van der Waals surface area contributed by atoms with E-state index >= 15 is 0 Å². The van der Waals surface area contributed by atoms with Gasteiger partial charge in [-0.15, -0.1) is 0 Å². The number of nitrogens with zero attached hydrogens (tertiary/aromatic N) is 1. The second kappa shape index (κ2) is 7.35. The van der Waals surface area contributed by atoms with Gasteiger partial charge in [0.15, 0.2) is 9.84 Å². The van der Waals surface area contributed by atoms with E-state index in [0.717, 1.165) is 12.2 Å². The van der Waals surface area contributed by atoms with Gasteiger partial charge >= 0.3 is 0 Å². The van der Waals surface area contributed by atoms with Crippen LogP contribution in [0.5, 0.6) is 0 Å². The van der Waals surface area contributed by atoms with Crippen molar-refractivity contribution in [3.63, 3.8) is 0 Å². The Morgan fingerprint density at radius 2 is 2.14 bits per heavy atom. The van der Waals surface area contributed by atoms with E-state index in [1.54, 1.807) is 11.8 Å². The Hall–Kier alpha value is -0.950. The van der Waals surface area contributed by atoms with Gasteiger partial charge in [0.05, 0.1) is 11.5 Å². The molecule has 0 bridgehead atoms. The van der Waals surface area contributed by atoms with Crippen molar-refractivity contribution in [1.29, 1.82) is 0 Å². The number of rotatable bonds is 7. The minimum absolute atomic E-state index is 0.0236. The predicted octanol–water partition coefficient (Wildman–Crippen LogP) is 1.33. The largest absolute Gasteiger partial charge is 0.354 e. The Morgan fingerprint density at radius 1 is 1.43 bits per heavy atom. The predicted molar refractivity (Wildman–Crippen MR) is 86.2 cm³/mol. The fourth-order valence-corrected chi connectivity index (χ4v) is 4.92. The van der Waals surface area contributed by atoms with Crippen molar-refractivity contribution in [3.8, 4) is 0 Å². The molecule has 1 N–H and O–H groups in total. The number of hydrogen-bond donors (Lipinski definition) is 1. The van der Waals surface area contributed by atoms with E-state index in [-0.39, 0.29) is 29.4 Å². The second-order valence-electron chi connectivity index (χ2n) is 5.44. The molecule has 118 valence electrons. The number of aromatic nitrogens is 1. The van der Waals surface area contributed by atoms with Crippen LogP contribution < -0.4 is 5.32 Å². The molecular formula is C14H22N2O3S2. The van der Waals surface area contributed by atoms with Gasteiger partial charge in [-0.05, 0) is 42.9 Å². The molecule has 1 aliphatic rings. The zero-order valence-corrected chi connectivity index (χ0v) is 13.8. The summed E-state index contributed by atoms with van der Waals surface area (Å²) in [5.41, 5.74) is 0. The average molecular weight is 330 g/mol. The molecule has 0 radical (unpaired) electrons. The fraction of sp³-hybridized carbons (Fsp3) is 0.643. The van der Waals surface area contributed by atoms with Crippen LogP contribution in [0.25, 0.3) is 0 Å². The first-order valence-corrected chi connectivity index (χ1v) is 10.3. The molecule has 2 rings (SSSR count). The number of nitrogens with one attached hydrogen (secondary N) is 1. The van der Waals surface area contributed by atoms with Gasteiger partial charge in [-0.1, -0.05) is 0 Å². The van der Waals surface area contributed by atoms with Crippen LogP contribution in [-0.2, 0) is 14.6 Å². The Bertz CT molecular complexity index is 555. The number of sulfone groups is 1. The molecule has 0 unspecified atom stereocenters. The normalized spacial score (nSPS) is 22.0. The second-order valence-corrected chi connectivity index (χ2v) is 8.66. The van der Waals surface area contributed by atoms with E-state index in [2.05, 4.69) is 5.32 Å². The molecule has 21 heavy (non-hydrogen) atoms. The minimum atomic E-state index is -2.88. The van der Waals surface area contributed by atoms with Crippen molar-refractivity contribution in [2.24, 2.45) is 5.92 Å². The maximum Gasteiger partial charge on any atom is 0.243 e. The zero-order chi connectivity index (χ0) is 15.3. The summed E-state index contributed by atoms with van der Waals surface area (Å²) in [6, 6.07) is 3.59. The Kier molecular flexibility index (Phi) is 5.75. The molecule has 0 aromatic carbocycles. The lowest BCUT2D eigenvalue weighted by Crippen LogP contribution is -2.36. The average Bonchev–Trinajstić information content (AvgIpc) is 3.06. The summed E-state index contributed by atoms with van der Waals surface area (Å²) in [6.07, 6.45) is 7.23. The molecule has 5 nitrogen and oxygen atoms in total. The molecule has 2 heterocycles. The van der Waals surface area contributed by atoms with Crippen molar-refractivity contribution in [2.75, 3.05) is 30.1 Å². The highest BCUT2D eigenvalue weighted by Crippen LogP contribution is 2.19. The molecule has 1 saturated heterocycles. The third-order valence-corrected chi connectivity index (χ3v) is 6.26. The standard InChI is InChI=1S/C14H22N2O3S2/c1-20-8-4-13(16-6-2-3-7-16)14(17)15-10-12-5-9-21(18,19)11-12/h2-3,6-7,12-13H,4-5,8-11H2,1H3,(H,15,17)/t12-,13-/m0/s1.